The van der Waals surface area contributed by atoms with Gasteiger partial charge in [-0.25, -0.2) is 0 Å². The van der Waals surface area contributed by atoms with Gasteiger partial charge in [0.25, 0.3) is 0 Å². The molecule has 4 nitrogen and oxygen atoms in total. The third-order valence-corrected chi connectivity index (χ3v) is 5.55. The number of aromatic nitrogens is 2. The number of anilines is 1. The second kappa shape index (κ2) is 8.05. The minimum Gasteiger partial charge on any atom is -0.352 e. The van der Waals surface area contributed by atoms with E-state index in [1.807, 2.05) is 6.07 Å². The van der Waals surface area contributed by atoms with Gasteiger partial charge in [0.05, 0.1) is 5.69 Å². The van der Waals surface area contributed by atoms with Gasteiger partial charge in [0.15, 0.2) is 5.82 Å². The van der Waals surface area contributed by atoms with Crippen molar-refractivity contribution >= 4 is 11.4 Å². The number of nitrogens with zero attached hydrogens (tertiary/aromatic N) is 4. The first-order valence-electron chi connectivity index (χ1n) is 10.0. The normalized spacial score (nSPS) is 18.0. The molecule has 0 N–H and O–H groups in total. The van der Waals surface area contributed by atoms with E-state index in [0.29, 0.717) is 6.04 Å². The maximum absolute atomic E-state index is 4.72. The Labute approximate surface area is 162 Å². The lowest BCUT2D eigenvalue weighted by molar-refractivity contribution is 0.209. The van der Waals surface area contributed by atoms with Gasteiger partial charge in [-0.2, -0.15) is 0 Å². The van der Waals surface area contributed by atoms with E-state index >= 15 is 0 Å². The molecule has 0 unspecified atom stereocenters. The Balaban J connectivity index is 1.68. The van der Waals surface area contributed by atoms with Crippen LogP contribution in [0.3, 0.4) is 0 Å². The molecule has 27 heavy (non-hydrogen) atoms. The molecular formula is C23H28N4. The average molecular weight is 361 g/mol. The number of hydrogen-bond acceptors (Lipinski definition) is 4. The number of rotatable bonds is 4. The minimum absolute atomic E-state index is 0.601. The molecule has 0 amide bonds. The highest BCUT2D eigenvalue weighted by atomic mass is 15.3. The first kappa shape index (κ1) is 17.9. The lowest BCUT2D eigenvalue weighted by Gasteiger charge is -2.38. The van der Waals surface area contributed by atoms with Gasteiger partial charge < -0.3 is 4.90 Å². The van der Waals surface area contributed by atoms with Gasteiger partial charge in [-0.15, -0.1) is 10.2 Å². The summed E-state index contributed by atoms with van der Waals surface area (Å²) >= 11 is 0. The maximum Gasteiger partial charge on any atom is 0.158 e. The Kier molecular flexibility index (Phi) is 5.35. The lowest BCUT2D eigenvalue weighted by Crippen LogP contribution is -2.49. The van der Waals surface area contributed by atoms with Crippen molar-refractivity contribution in [3.05, 3.63) is 60.2 Å². The number of benzene rings is 1. The van der Waals surface area contributed by atoms with Crippen LogP contribution < -0.4 is 4.90 Å². The molecule has 0 atom stereocenters. The van der Waals surface area contributed by atoms with Crippen LogP contribution in [-0.4, -0.2) is 47.3 Å². The third-order valence-electron chi connectivity index (χ3n) is 5.55. The molecule has 1 aliphatic carbocycles. The molecule has 1 aromatic heterocycles. The SMILES string of the molecule is CC(C)N1CCN(c2nnc(-c3ccccc3)cc2C2=CC=CCC2)CC1. The highest BCUT2D eigenvalue weighted by molar-refractivity contribution is 5.79. The van der Waals surface area contributed by atoms with Gasteiger partial charge >= 0.3 is 0 Å². The van der Waals surface area contributed by atoms with Crippen molar-refractivity contribution in [1.82, 2.24) is 15.1 Å². The second-order valence-electron chi connectivity index (χ2n) is 7.61. The Morgan fingerprint density at radius 3 is 2.41 bits per heavy atom. The van der Waals surface area contributed by atoms with Crippen LogP contribution in [0, 0.1) is 0 Å². The average Bonchev–Trinajstić information content (AvgIpc) is 2.75. The Morgan fingerprint density at radius 1 is 0.963 bits per heavy atom. The van der Waals surface area contributed by atoms with E-state index in [-0.39, 0.29) is 0 Å². The van der Waals surface area contributed by atoms with E-state index in [4.69, 9.17) is 5.10 Å². The summed E-state index contributed by atoms with van der Waals surface area (Å²) in [5, 5.41) is 9.30. The molecular weight excluding hydrogens is 332 g/mol. The summed E-state index contributed by atoms with van der Waals surface area (Å²) in [6, 6.07) is 13.2. The second-order valence-corrected chi connectivity index (χ2v) is 7.61. The maximum atomic E-state index is 4.72. The van der Waals surface area contributed by atoms with Gasteiger partial charge in [-0.3, -0.25) is 4.90 Å². The summed E-state index contributed by atoms with van der Waals surface area (Å²) in [4.78, 5) is 4.94. The van der Waals surface area contributed by atoms with Crippen LogP contribution in [0.4, 0.5) is 5.82 Å². The molecule has 1 fully saturated rings. The van der Waals surface area contributed by atoms with Crippen molar-refractivity contribution in [3.63, 3.8) is 0 Å². The lowest BCUT2D eigenvalue weighted by atomic mass is 9.96. The zero-order chi connectivity index (χ0) is 18.6. The summed E-state index contributed by atoms with van der Waals surface area (Å²) in [7, 11) is 0. The summed E-state index contributed by atoms with van der Waals surface area (Å²) in [6.07, 6.45) is 8.80. The van der Waals surface area contributed by atoms with Crippen molar-refractivity contribution in [2.75, 3.05) is 31.1 Å². The molecule has 2 heterocycles. The molecule has 4 heteroatoms. The predicted molar refractivity (Wildman–Crippen MR) is 113 cm³/mol. The van der Waals surface area contributed by atoms with Crippen LogP contribution in [0.2, 0.25) is 0 Å². The number of allylic oxidation sites excluding steroid dienone is 4. The minimum atomic E-state index is 0.601. The smallest absolute Gasteiger partial charge is 0.158 e. The summed E-state index contributed by atoms with van der Waals surface area (Å²) in [5.74, 6) is 1.04. The molecule has 0 spiro atoms. The fourth-order valence-corrected chi connectivity index (χ4v) is 3.88. The summed E-state index contributed by atoms with van der Waals surface area (Å²) in [6.45, 7) is 8.72. The van der Waals surface area contributed by atoms with E-state index in [0.717, 1.165) is 56.1 Å². The van der Waals surface area contributed by atoms with Gasteiger partial charge in [-0.05, 0) is 38.3 Å². The first-order valence-corrected chi connectivity index (χ1v) is 10.0. The van der Waals surface area contributed by atoms with Crippen molar-refractivity contribution in [2.45, 2.75) is 32.7 Å². The van der Waals surface area contributed by atoms with Crippen molar-refractivity contribution in [3.8, 4) is 11.3 Å². The van der Waals surface area contributed by atoms with Crippen molar-refractivity contribution in [1.29, 1.82) is 0 Å². The van der Waals surface area contributed by atoms with Crippen molar-refractivity contribution < 1.29 is 0 Å². The van der Waals surface area contributed by atoms with Gasteiger partial charge in [0.2, 0.25) is 0 Å². The number of piperazine rings is 1. The van der Waals surface area contributed by atoms with Crippen LogP contribution in [0.25, 0.3) is 16.8 Å². The fourth-order valence-electron chi connectivity index (χ4n) is 3.88. The van der Waals surface area contributed by atoms with Gasteiger partial charge in [0.1, 0.15) is 0 Å². The molecule has 2 aromatic rings. The van der Waals surface area contributed by atoms with Gasteiger partial charge in [0, 0.05) is 43.3 Å². The van der Waals surface area contributed by atoms with E-state index in [1.165, 1.54) is 11.1 Å². The predicted octanol–water partition coefficient (Wildman–Crippen LogP) is 4.41. The molecule has 1 aliphatic heterocycles. The Morgan fingerprint density at radius 2 is 1.74 bits per heavy atom. The molecule has 2 aliphatic rings. The van der Waals surface area contributed by atoms with E-state index in [2.05, 4.69) is 77.3 Å². The van der Waals surface area contributed by atoms with Crippen LogP contribution >= 0.6 is 0 Å². The van der Waals surface area contributed by atoms with E-state index < -0.39 is 0 Å². The van der Waals surface area contributed by atoms with Crippen LogP contribution in [-0.2, 0) is 0 Å². The molecule has 0 saturated carbocycles. The molecule has 0 radical (unpaired) electrons. The third kappa shape index (κ3) is 3.96. The monoisotopic (exact) mass is 360 g/mol. The molecule has 1 saturated heterocycles. The first-order chi connectivity index (χ1) is 13.2. The highest BCUT2D eigenvalue weighted by Gasteiger charge is 2.23. The van der Waals surface area contributed by atoms with Gasteiger partial charge in [-0.1, -0.05) is 48.6 Å². The fraction of sp³-hybridized carbons (Fsp3) is 0.391. The highest BCUT2D eigenvalue weighted by Crippen LogP contribution is 2.33. The Bertz CT molecular complexity index is 831. The van der Waals surface area contributed by atoms with E-state index in [9.17, 15) is 0 Å². The summed E-state index contributed by atoms with van der Waals surface area (Å²) in [5.41, 5.74) is 4.68. The quantitative estimate of drug-likeness (QED) is 0.808. The Hall–Kier alpha value is -2.46. The van der Waals surface area contributed by atoms with Crippen molar-refractivity contribution in [2.24, 2.45) is 0 Å². The van der Waals surface area contributed by atoms with Crippen LogP contribution in [0.15, 0.2) is 54.6 Å². The standard InChI is InChI=1S/C23H28N4/c1-18(2)26-13-15-27(16-14-26)23-21(19-9-5-3-6-10-19)17-22(24-25-23)20-11-7-4-8-12-20/h3-5,7-9,11-12,17-18H,6,10,13-16H2,1-2H3. The molecule has 0 bridgehead atoms. The summed E-state index contributed by atoms with van der Waals surface area (Å²) < 4.78 is 0. The molecule has 140 valence electrons. The van der Waals surface area contributed by atoms with E-state index in [1.54, 1.807) is 0 Å². The molecule has 1 aromatic carbocycles. The van der Waals surface area contributed by atoms with Crippen LogP contribution in [0.5, 0.6) is 0 Å². The molecule has 4 rings (SSSR count). The zero-order valence-corrected chi connectivity index (χ0v) is 16.3. The largest absolute Gasteiger partial charge is 0.352 e. The van der Waals surface area contributed by atoms with Crippen LogP contribution in [0.1, 0.15) is 32.3 Å². The topological polar surface area (TPSA) is 32.3 Å². The number of hydrogen-bond donors (Lipinski definition) is 0. The zero-order valence-electron chi connectivity index (χ0n) is 16.3.